The second-order valence-corrected chi connectivity index (χ2v) is 6.36. The number of benzene rings is 1. The number of nitrogens with one attached hydrogen (secondary N) is 2. The van der Waals surface area contributed by atoms with Crippen LogP contribution in [-0.2, 0) is 10.2 Å². The average molecular weight is 326 g/mol. The maximum atomic E-state index is 11.6. The van der Waals surface area contributed by atoms with Crippen LogP contribution in [0.4, 0.5) is 5.69 Å². The van der Waals surface area contributed by atoms with Gasteiger partial charge in [-0.1, -0.05) is 11.6 Å². The highest BCUT2D eigenvalue weighted by Crippen LogP contribution is 2.27. The van der Waals surface area contributed by atoms with E-state index in [1.807, 2.05) is 0 Å². The van der Waals surface area contributed by atoms with Gasteiger partial charge in [0.2, 0.25) is 0 Å². The molecule has 1 fully saturated rings. The molecule has 1 saturated carbocycles. The van der Waals surface area contributed by atoms with E-state index >= 15 is 0 Å². The lowest BCUT2D eigenvalue weighted by atomic mass is 10.3. The Morgan fingerprint density at radius 3 is 2.69 bits per heavy atom. The highest BCUT2D eigenvalue weighted by molar-refractivity contribution is 9.10. The zero-order chi connectivity index (χ0) is 11.8. The van der Waals surface area contributed by atoms with Crippen molar-refractivity contribution in [2.24, 2.45) is 0 Å². The Balaban J connectivity index is 2.15. The van der Waals surface area contributed by atoms with Crippen molar-refractivity contribution in [2.75, 3.05) is 4.72 Å². The van der Waals surface area contributed by atoms with Gasteiger partial charge >= 0.3 is 0 Å². The standard InChI is InChI=1S/C9H10BrClN2O2S/c10-8-4-1-6(11)5-9(8)13-16(14,15)12-7-2-3-7/h1,4-5,7,12-13H,2-3H2. The van der Waals surface area contributed by atoms with Crippen LogP contribution in [0.1, 0.15) is 12.8 Å². The molecule has 0 amide bonds. The van der Waals surface area contributed by atoms with Crippen molar-refractivity contribution in [1.82, 2.24) is 4.72 Å². The highest BCUT2D eigenvalue weighted by Gasteiger charge is 2.27. The molecule has 1 aliphatic carbocycles. The average Bonchev–Trinajstić information content (AvgIpc) is 2.94. The summed E-state index contributed by atoms with van der Waals surface area (Å²) in [5, 5.41) is 0.479. The van der Waals surface area contributed by atoms with Crippen molar-refractivity contribution in [3.63, 3.8) is 0 Å². The summed E-state index contributed by atoms with van der Waals surface area (Å²) in [6.45, 7) is 0. The number of halogens is 2. The maximum absolute atomic E-state index is 11.6. The summed E-state index contributed by atoms with van der Waals surface area (Å²) >= 11 is 9.04. The molecule has 0 heterocycles. The molecule has 0 radical (unpaired) electrons. The highest BCUT2D eigenvalue weighted by atomic mass is 79.9. The monoisotopic (exact) mass is 324 g/mol. The molecule has 0 unspecified atom stereocenters. The van der Waals surface area contributed by atoms with Gasteiger partial charge in [0.05, 0.1) is 5.69 Å². The molecule has 0 aliphatic heterocycles. The summed E-state index contributed by atoms with van der Waals surface area (Å²) in [7, 11) is -3.50. The van der Waals surface area contributed by atoms with E-state index in [0.29, 0.717) is 15.2 Å². The van der Waals surface area contributed by atoms with Crippen LogP contribution in [0.2, 0.25) is 5.02 Å². The SMILES string of the molecule is O=S(=O)(Nc1cc(Cl)ccc1Br)NC1CC1. The fourth-order valence-corrected chi connectivity index (χ4v) is 3.01. The molecule has 0 atom stereocenters. The number of rotatable bonds is 4. The molecule has 4 nitrogen and oxygen atoms in total. The first-order valence-electron chi connectivity index (χ1n) is 4.71. The van der Waals surface area contributed by atoms with Crippen molar-refractivity contribution in [2.45, 2.75) is 18.9 Å². The normalized spacial score (nSPS) is 16.1. The Bertz CT molecular complexity index is 502. The van der Waals surface area contributed by atoms with Gasteiger partial charge < -0.3 is 0 Å². The van der Waals surface area contributed by atoms with E-state index in [2.05, 4.69) is 25.4 Å². The molecule has 0 aromatic heterocycles. The number of anilines is 1. The molecule has 1 aromatic carbocycles. The molecule has 0 bridgehead atoms. The van der Waals surface area contributed by atoms with Crippen LogP contribution < -0.4 is 9.44 Å². The molecule has 7 heteroatoms. The summed E-state index contributed by atoms with van der Waals surface area (Å²) in [4.78, 5) is 0. The van der Waals surface area contributed by atoms with E-state index in [1.54, 1.807) is 18.2 Å². The lowest BCUT2D eigenvalue weighted by Gasteiger charge is -2.10. The first kappa shape index (κ1) is 12.2. The Morgan fingerprint density at radius 1 is 1.38 bits per heavy atom. The predicted octanol–water partition coefficient (Wildman–Crippen LogP) is 2.51. The minimum absolute atomic E-state index is 0.0791. The van der Waals surface area contributed by atoms with Crippen LogP contribution in [-0.4, -0.2) is 14.5 Å². The molecular weight excluding hydrogens is 316 g/mol. The summed E-state index contributed by atoms with van der Waals surface area (Å²) in [5.41, 5.74) is 0.431. The lowest BCUT2D eigenvalue weighted by molar-refractivity contribution is 0.586. The van der Waals surface area contributed by atoms with Crippen LogP contribution >= 0.6 is 27.5 Å². The zero-order valence-corrected chi connectivity index (χ0v) is 11.4. The summed E-state index contributed by atoms with van der Waals surface area (Å²) < 4.78 is 28.9. The third-order valence-electron chi connectivity index (χ3n) is 2.07. The maximum Gasteiger partial charge on any atom is 0.299 e. The van der Waals surface area contributed by atoms with Gasteiger partial charge in [-0.15, -0.1) is 0 Å². The van der Waals surface area contributed by atoms with Gasteiger partial charge in [0.15, 0.2) is 0 Å². The largest absolute Gasteiger partial charge is 0.299 e. The summed E-state index contributed by atoms with van der Waals surface area (Å²) in [5.74, 6) is 0. The summed E-state index contributed by atoms with van der Waals surface area (Å²) in [6.07, 6.45) is 1.80. The van der Waals surface area contributed by atoms with Crippen molar-refractivity contribution in [1.29, 1.82) is 0 Å². The Morgan fingerprint density at radius 2 is 2.06 bits per heavy atom. The third-order valence-corrected chi connectivity index (χ3v) is 4.13. The predicted molar refractivity (Wildman–Crippen MR) is 67.9 cm³/mol. The smallest absolute Gasteiger partial charge is 0.270 e. The van der Waals surface area contributed by atoms with E-state index in [-0.39, 0.29) is 6.04 Å². The van der Waals surface area contributed by atoms with E-state index in [9.17, 15) is 8.42 Å². The Labute approximate surface area is 108 Å². The van der Waals surface area contributed by atoms with Crippen LogP contribution in [0, 0.1) is 0 Å². The first-order chi connectivity index (χ1) is 7.46. The Kier molecular flexibility index (Phi) is 3.44. The molecule has 88 valence electrons. The van der Waals surface area contributed by atoms with Gasteiger partial charge in [-0.25, -0.2) is 0 Å². The first-order valence-corrected chi connectivity index (χ1v) is 7.37. The van der Waals surface area contributed by atoms with Gasteiger partial charge in [-0.3, -0.25) is 4.72 Å². The van der Waals surface area contributed by atoms with Gasteiger partial charge in [-0.05, 0) is 47.0 Å². The fourth-order valence-electron chi connectivity index (χ4n) is 1.17. The molecule has 1 aliphatic rings. The van der Waals surface area contributed by atoms with Crippen LogP contribution in [0.15, 0.2) is 22.7 Å². The lowest BCUT2D eigenvalue weighted by Crippen LogP contribution is -2.31. The molecule has 2 N–H and O–H groups in total. The van der Waals surface area contributed by atoms with E-state index < -0.39 is 10.2 Å². The van der Waals surface area contributed by atoms with E-state index in [1.165, 1.54) is 0 Å². The molecule has 16 heavy (non-hydrogen) atoms. The second-order valence-electron chi connectivity index (χ2n) is 3.62. The minimum atomic E-state index is -3.50. The van der Waals surface area contributed by atoms with Gasteiger partial charge in [-0.2, -0.15) is 13.1 Å². The van der Waals surface area contributed by atoms with E-state index in [0.717, 1.165) is 12.8 Å². The van der Waals surface area contributed by atoms with Gasteiger partial charge in [0.25, 0.3) is 10.2 Å². The van der Waals surface area contributed by atoms with Gasteiger partial charge in [0.1, 0.15) is 0 Å². The van der Waals surface area contributed by atoms with Crippen LogP contribution in [0.3, 0.4) is 0 Å². The summed E-state index contributed by atoms with van der Waals surface area (Å²) in [6, 6.07) is 5.00. The minimum Gasteiger partial charge on any atom is -0.270 e. The zero-order valence-electron chi connectivity index (χ0n) is 8.20. The van der Waals surface area contributed by atoms with Crippen molar-refractivity contribution >= 4 is 43.4 Å². The quantitative estimate of drug-likeness (QED) is 0.893. The van der Waals surface area contributed by atoms with Crippen LogP contribution in [0.5, 0.6) is 0 Å². The van der Waals surface area contributed by atoms with Gasteiger partial charge in [0, 0.05) is 15.5 Å². The fraction of sp³-hybridized carbons (Fsp3) is 0.333. The number of hydrogen-bond acceptors (Lipinski definition) is 2. The van der Waals surface area contributed by atoms with Crippen LogP contribution in [0.25, 0.3) is 0 Å². The topological polar surface area (TPSA) is 58.2 Å². The van der Waals surface area contributed by atoms with E-state index in [4.69, 9.17) is 11.6 Å². The number of hydrogen-bond donors (Lipinski definition) is 2. The van der Waals surface area contributed by atoms with Crippen molar-refractivity contribution < 1.29 is 8.42 Å². The Hall–Kier alpha value is -0.300. The van der Waals surface area contributed by atoms with Crippen molar-refractivity contribution in [3.8, 4) is 0 Å². The second kappa shape index (κ2) is 4.52. The molecule has 2 rings (SSSR count). The molecule has 0 spiro atoms. The third kappa shape index (κ3) is 3.35. The van der Waals surface area contributed by atoms with Crippen molar-refractivity contribution in [3.05, 3.63) is 27.7 Å². The molecule has 0 saturated heterocycles. The molecule has 1 aromatic rings. The molecular formula is C9H10BrClN2O2S.